The maximum absolute atomic E-state index is 14.1. The molecule has 2 aromatic carbocycles. The number of benzene rings is 2. The predicted octanol–water partition coefficient (Wildman–Crippen LogP) is 2.35. The third-order valence-corrected chi connectivity index (χ3v) is 9.50. The number of aromatic nitrogens is 1. The number of nitrogens with one attached hydrogen (secondary N) is 1. The third-order valence-electron chi connectivity index (χ3n) is 7.71. The van der Waals surface area contributed by atoms with Crippen LogP contribution in [0.4, 0.5) is 0 Å². The number of methoxy groups -OCH3 is 2. The average Bonchev–Trinajstić information content (AvgIpc) is 3.63. The Morgan fingerprint density at radius 1 is 1.09 bits per heavy atom. The molecule has 1 saturated heterocycles. The van der Waals surface area contributed by atoms with Crippen LogP contribution in [0.3, 0.4) is 0 Å². The molecule has 2 aliphatic heterocycles. The highest BCUT2D eigenvalue weighted by Crippen LogP contribution is 2.32. The zero-order chi connectivity index (χ0) is 31.3. The number of hydrogen-bond donors (Lipinski definition) is 1. The molecule has 0 saturated carbocycles. The number of ether oxygens (including phenoxy) is 3. The van der Waals surface area contributed by atoms with Crippen molar-refractivity contribution in [1.82, 2.24) is 19.5 Å². The van der Waals surface area contributed by atoms with Crippen LogP contribution >= 0.6 is 0 Å². The third kappa shape index (κ3) is 6.38. The summed E-state index contributed by atoms with van der Waals surface area (Å²) in [6.45, 7) is 0.115. The van der Waals surface area contributed by atoms with Crippen molar-refractivity contribution in [3.05, 3.63) is 83.7 Å². The maximum Gasteiger partial charge on any atom is 0.269 e. The van der Waals surface area contributed by atoms with Crippen LogP contribution in [-0.2, 0) is 30.8 Å². The SMILES string of the molecule is COc1ccc(CCN(C(=O)CN2C(=O)c3ccccc3S2(=O)=O)[C@H](C(=O)NC[C@@H]2CCCO2)c2ccncc2)cc1OC. The van der Waals surface area contributed by atoms with Gasteiger partial charge in [0.1, 0.15) is 17.5 Å². The van der Waals surface area contributed by atoms with Crippen LogP contribution in [0.2, 0.25) is 0 Å². The molecule has 1 N–H and O–H groups in total. The second-order valence-electron chi connectivity index (χ2n) is 10.4. The molecule has 3 amide bonds. The number of carbonyl (C=O) groups excluding carboxylic acids is 3. The monoisotopic (exact) mass is 622 g/mol. The number of carbonyl (C=O) groups is 3. The molecule has 0 unspecified atom stereocenters. The lowest BCUT2D eigenvalue weighted by Crippen LogP contribution is -2.49. The molecule has 3 aromatic rings. The molecule has 1 aromatic heterocycles. The normalized spacial score (nSPS) is 17.5. The molecule has 3 heterocycles. The summed E-state index contributed by atoms with van der Waals surface area (Å²) >= 11 is 0. The predicted molar refractivity (Wildman–Crippen MR) is 159 cm³/mol. The Morgan fingerprint density at radius 3 is 2.52 bits per heavy atom. The van der Waals surface area contributed by atoms with Crippen LogP contribution in [0.15, 0.2) is 71.9 Å². The van der Waals surface area contributed by atoms with Crippen LogP contribution < -0.4 is 14.8 Å². The lowest BCUT2D eigenvalue weighted by Gasteiger charge is -2.32. The Morgan fingerprint density at radius 2 is 1.84 bits per heavy atom. The summed E-state index contributed by atoms with van der Waals surface area (Å²) in [5.74, 6) is -0.952. The first-order valence-electron chi connectivity index (χ1n) is 14.2. The van der Waals surface area contributed by atoms with Gasteiger partial charge in [0.05, 0.1) is 25.9 Å². The highest BCUT2D eigenvalue weighted by atomic mass is 32.2. The van der Waals surface area contributed by atoms with Crippen molar-refractivity contribution in [2.24, 2.45) is 0 Å². The molecule has 0 radical (unpaired) electrons. The Bertz CT molecular complexity index is 1630. The molecule has 13 heteroatoms. The van der Waals surface area contributed by atoms with Gasteiger partial charge in [-0.1, -0.05) is 18.2 Å². The number of hydrogen-bond acceptors (Lipinski definition) is 9. The van der Waals surface area contributed by atoms with Gasteiger partial charge in [-0.25, -0.2) is 12.7 Å². The first-order valence-corrected chi connectivity index (χ1v) is 15.6. The number of nitrogens with zero attached hydrogens (tertiary/aromatic N) is 3. The summed E-state index contributed by atoms with van der Waals surface area (Å²) in [6.07, 6.45) is 4.87. The molecule has 44 heavy (non-hydrogen) atoms. The van der Waals surface area contributed by atoms with Crippen LogP contribution in [0.5, 0.6) is 11.5 Å². The van der Waals surface area contributed by atoms with E-state index in [2.05, 4.69) is 10.3 Å². The van der Waals surface area contributed by atoms with Crippen molar-refractivity contribution in [2.45, 2.75) is 36.3 Å². The number of sulfonamides is 1. The van der Waals surface area contributed by atoms with Gasteiger partial charge in [-0.05, 0) is 66.8 Å². The fourth-order valence-corrected chi connectivity index (χ4v) is 6.94. The van der Waals surface area contributed by atoms with Gasteiger partial charge in [0, 0.05) is 32.1 Å². The Hall–Kier alpha value is -4.49. The van der Waals surface area contributed by atoms with Crippen molar-refractivity contribution in [3.8, 4) is 11.5 Å². The van der Waals surface area contributed by atoms with E-state index in [1.54, 1.807) is 30.3 Å². The minimum atomic E-state index is -4.26. The number of amides is 3. The molecular weight excluding hydrogens is 588 g/mol. The number of fused-ring (bicyclic) bond motifs is 1. The van der Waals surface area contributed by atoms with Crippen molar-refractivity contribution in [3.63, 3.8) is 0 Å². The summed E-state index contributed by atoms with van der Waals surface area (Å²) in [7, 11) is -1.22. The van der Waals surface area contributed by atoms with Gasteiger partial charge in [0.15, 0.2) is 11.5 Å². The summed E-state index contributed by atoms with van der Waals surface area (Å²) in [5.41, 5.74) is 1.26. The quantitative estimate of drug-likeness (QED) is 0.322. The van der Waals surface area contributed by atoms with E-state index in [1.165, 1.54) is 49.7 Å². The average molecular weight is 623 g/mol. The molecule has 5 rings (SSSR count). The first-order chi connectivity index (χ1) is 21.2. The summed E-state index contributed by atoms with van der Waals surface area (Å²) in [6, 6.07) is 13.2. The topological polar surface area (TPSA) is 144 Å². The van der Waals surface area contributed by atoms with Gasteiger partial charge in [-0.15, -0.1) is 0 Å². The van der Waals surface area contributed by atoms with Gasteiger partial charge in [-0.3, -0.25) is 19.4 Å². The zero-order valence-corrected chi connectivity index (χ0v) is 25.3. The van der Waals surface area contributed by atoms with Gasteiger partial charge in [0.2, 0.25) is 11.8 Å². The zero-order valence-electron chi connectivity index (χ0n) is 24.5. The maximum atomic E-state index is 14.1. The summed E-state index contributed by atoms with van der Waals surface area (Å²) in [4.78, 5) is 46.3. The van der Waals surface area contributed by atoms with Gasteiger partial charge < -0.3 is 24.4 Å². The van der Waals surface area contributed by atoms with E-state index >= 15 is 0 Å². The van der Waals surface area contributed by atoms with Crippen LogP contribution in [0.1, 0.15) is 40.4 Å². The van der Waals surface area contributed by atoms with Crippen molar-refractivity contribution in [2.75, 3.05) is 40.5 Å². The van der Waals surface area contributed by atoms with E-state index in [4.69, 9.17) is 14.2 Å². The smallest absolute Gasteiger partial charge is 0.269 e. The van der Waals surface area contributed by atoms with Gasteiger partial charge in [-0.2, -0.15) is 0 Å². The molecule has 0 aliphatic carbocycles. The molecule has 0 spiro atoms. The fourth-order valence-electron chi connectivity index (χ4n) is 5.42. The molecule has 232 valence electrons. The lowest BCUT2D eigenvalue weighted by molar-refractivity contribution is -0.141. The molecule has 0 bridgehead atoms. The Kier molecular flexibility index (Phi) is 9.45. The van der Waals surface area contributed by atoms with Crippen molar-refractivity contribution < 1.29 is 37.0 Å². The van der Waals surface area contributed by atoms with E-state index in [0.717, 1.165) is 18.4 Å². The molecule has 12 nitrogen and oxygen atoms in total. The molecular formula is C31H34N4O8S. The lowest BCUT2D eigenvalue weighted by atomic mass is 10.0. The Balaban J connectivity index is 1.47. The fraction of sp³-hybridized carbons (Fsp3) is 0.355. The van der Waals surface area contributed by atoms with Crippen LogP contribution in [0, 0.1) is 0 Å². The van der Waals surface area contributed by atoms with E-state index in [-0.39, 0.29) is 36.1 Å². The van der Waals surface area contributed by atoms with E-state index < -0.39 is 40.3 Å². The summed E-state index contributed by atoms with van der Waals surface area (Å²) in [5, 5.41) is 2.91. The minimum absolute atomic E-state index is 0.00262. The highest BCUT2D eigenvalue weighted by molar-refractivity contribution is 7.90. The summed E-state index contributed by atoms with van der Waals surface area (Å²) < 4.78 is 43.6. The van der Waals surface area contributed by atoms with Crippen LogP contribution in [-0.4, -0.2) is 86.9 Å². The second-order valence-corrected chi connectivity index (χ2v) is 12.2. The number of rotatable bonds is 12. The minimum Gasteiger partial charge on any atom is -0.493 e. The molecule has 1 fully saturated rings. The standard InChI is InChI=1S/C31H34N4O8S/c1-41-25-10-9-21(18-26(25)42-2)13-16-34(28(36)20-35-31(38)24-7-3-4-8-27(24)44(35,39)40)29(22-11-14-32-15-12-22)30(37)33-19-23-6-5-17-43-23/h3-4,7-12,14-15,18,23,29H,5-6,13,16-17,19-20H2,1-2H3,(H,33,37)/t23-,29-/m0/s1. The van der Waals surface area contributed by atoms with Gasteiger partial charge >= 0.3 is 0 Å². The van der Waals surface area contributed by atoms with E-state index in [1.807, 2.05) is 6.07 Å². The highest BCUT2D eigenvalue weighted by Gasteiger charge is 2.43. The van der Waals surface area contributed by atoms with E-state index in [9.17, 15) is 22.8 Å². The molecule has 2 atom stereocenters. The van der Waals surface area contributed by atoms with Crippen molar-refractivity contribution in [1.29, 1.82) is 0 Å². The Labute approximate surface area is 256 Å². The van der Waals surface area contributed by atoms with Crippen LogP contribution in [0.25, 0.3) is 0 Å². The van der Waals surface area contributed by atoms with Crippen molar-refractivity contribution >= 4 is 27.7 Å². The second kappa shape index (κ2) is 13.4. The largest absolute Gasteiger partial charge is 0.493 e. The van der Waals surface area contributed by atoms with Gasteiger partial charge in [0.25, 0.3) is 15.9 Å². The molecule has 2 aliphatic rings. The number of pyridine rings is 1. The van der Waals surface area contributed by atoms with E-state index in [0.29, 0.717) is 28.0 Å². The first kappa shape index (κ1) is 31.0.